The average molecular weight is 312 g/mol. The number of nitrogens with two attached hydrogens (primary N) is 1. The summed E-state index contributed by atoms with van der Waals surface area (Å²) in [6.07, 6.45) is 1.62. The molecule has 1 aliphatic carbocycles. The molecule has 1 fully saturated rings. The van der Waals surface area contributed by atoms with Gasteiger partial charge in [0.25, 0.3) is 0 Å². The number of thiophene rings is 1. The average Bonchev–Trinajstić information content (AvgIpc) is 2.77. The number of halogens is 2. The molecule has 0 atom stereocenters. The first kappa shape index (κ1) is 13.0. The summed E-state index contributed by atoms with van der Waals surface area (Å²) < 4.78 is 1.05. The highest BCUT2D eigenvalue weighted by atomic mass is 79.9. The van der Waals surface area contributed by atoms with Gasteiger partial charge >= 0.3 is 0 Å². The van der Waals surface area contributed by atoms with Crippen LogP contribution in [0.2, 0.25) is 0 Å². The summed E-state index contributed by atoms with van der Waals surface area (Å²) in [7, 11) is 0. The Bertz CT molecular complexity index is 365. The lowest BCUT2D eigenvalue weighted by Gasteiger charge is -2.08. The molecule has 0 aliphatic heterocycles. The molecule has 1 aromatic heterocycles. The summed E-state index contributed by atoms with van der Waals surface area (Å²) >= 11 is 5.03. The summed E-state index contributed by atoms with van der Waals surface area (Å²) in [6.45, 7) is 0.566. The standard InChI is InChI=1S/C9H11BrN2OS.ClH/c10-6-1-4-14-7(6)5-12-8(13)9(11)2-3-9;/h1,4H,2-3,5,11H2,(H,12,13);1H. The Morgan fingerprint density at radius 1 is 1.67 bits per heavy atom. The van der Waals surface area contributed by atoms with Crippen LogP contribution >= 0.6 is 39.7 Å². The van der Waals surface area contributed by atoms with Crippen LogP contribution in [0.15, 0.2) is 15.9 Å². The highest BCUT2D eigenvalue weighted by Crippen LogP contribution is 2.32. The molecule has 1 amide bonds. The van der Waals surface area contributed by atoms with Gasteiger partial charge in [-0.3, -0.25) is 4.79 Å². The minimum Gasteiger partial charge on any atom is -0.350 e. The molecule has 1 aromatic rings. The van der Waals surface area contributed by atoms with Crippen molar-refractivity contribution < 1.29 is 4.79 Å². The van der Waals surface area contributed by atoms with Gasteiger partial charge < -0.3 is 11.1 Å². The van der Waals surface area contributed by atoms with E-state index in [1.54, 1.807) is 11.3 Å². The van der Waals surface area contributed by atoms with Crippen molar-refractivity contribution in [2.24, 2.45) is 5.73 Å². The third-order valence-corrected chi connectivity index (χ3v) is 4.27. The van der Waals surface area contributed by atoms with Crippen molar-refractivity contribution in [3.05, 3.63) is 20.8 Å². The van der Waals surface area contributed by atoms with E-state index in [9.17, 15) is 4.79 Å². The Kier molecular flexibility index (Phi) is 4.17. The van der Waals surface area contributed by atoms with Gasteiger partial charge in [-0.15, -0.1) is 23.7 Å². The SMILES string of the molecule is Cl.NC1(C(=O)NCc2sccc2Br)CC1. The highest BCUT2D eigenvalue weighted by molar-refractivity contribution is 9.10. The summed E-state index contributed by atoms with van der Waals surface area (Å²) in [5.74, 6) is -0.0298. The number of hydrogen-bond acceptors (Lipinski definition) is 3. The summed E-state index contributed by atoms with van der Waals surface area (Å²) in [4.78, 5) is 12.6. The van der Waals surface area contributed by atoms with Gasteiger partial charge in [-0.1, -0.05) is 0 Å². The second kappa shape index (κ2) is 4.82. The van der Waals surface area contributed by atoms with Crippen molar-refractivity contribution in [1.29, 1.82) is 0 Å². The van der Waals surface area contributed by atoms with Crippen LogP contribution in [0.3, 0.4) is 0 Å². The molecule has 0 spiro atoms. The molecule has 0 radical (unpaired) electrons. The number of nitrogens with one attached hydrogen (secondary N) is 1. The summed E-state index contributed by atoms with van der Waals surface area (Å²) in [6, 6.07) is 1.97. The number of hydrogen-bond donors (Lipinski definition) is 2. The van der Waals surface area contributed by atoms with Crippen molar-refractivity contribution in [3.63, 3.8) is 0 Å². The number of amides is 1. The van der Waals surface area contributed by atoms with Crippen molar-refractivity contribution in [3.8, 4) is 0 Å². The normalized spacial score (nSPS) is 16.7. The van der Waals surface area contributed by atoms with Crippen molar-refractivity contribution in [1.82, 2.24) is 5.32 Å². The maximum atomic E-state index is 11.5. The lowest BCUT2D eigenvalue weighted by atomic mass is 10.3. The van der Waals surface area contributed by atoms with Crippen molar-refractivity contribution >= 4 is 45.6 Å². The van der Waals surface area contributed by atoms with Crippen LogP contribution in [0, 0.1) is 0 Å². The zero-order chi connectivity index (χ0) is 10.2. The van der Waals surface area contributed by atoms with Crippen LogP contribution in [0.4, 0.5) is 0 Å². The Balaban J connectivity index is 0.00000112. The van der Waals surface area contributed by atoms with Gasteiger partial charge in [0, 0.05) is 9.35 Å². The van der Waals surface area contributed by atoms with Crippen molar-refractivity contribution in [2.45, 2.75) is 24.9 Å². The number of carbonyl (C=O) groups is 1. The lowest BCUT2D eigenvalue weighted by molar-refractivity contribution is -0.123. The zero-order valence-corrected chi connectivity index (χ0v) is 11.2. The van der Waals surface area contributed by atoms with Crippen LogP contribution < -0.4 is 11.1 Å². The predicted molar refractivity (Wildman–Crippen MR) is 67.3 cm³/mol. The minimum atomic E-state index is -0.566. The molecule has 3 N–H and O–H groups in total. The maximum absolute atomic E-state index is 11.5. The number of carbonyl (C=O) groups excluding carboxylic acids is 1. The van der Waals surface area contributed by atoms with Gasteiger partial charge in [-0.05, 0) is 40.2 Å². The first-order chi connectivity index (χ1) is 6.62. The first-order valence-electron chi connectivity index (χ1n) is 4.41. The Morgan fingerprint density at radius 3 is 2.80 bits per heavy atom. The molecule has 2 rings (SSSR count). The van der Waals surface area contributed by atoms with E-state index in [1.165, 1.54) is 0 Å². The van der Waals surface area contributed by atoms with E-state index >= 15 is 0 Å². The Morgan fingerprint density at radius 2 is 2.33 bits per heavy atom. The van der Waals surface area contributed by atoms with E-state index in [2.05, 4.69) is 21.2 Å². The van der Waals surface area contributed by atoms with E-state index in [0.29, 0.717) is 6.54 Å². The molecular formula is C9H12BrClN2OS. The Labute approximate surface area is 107 Å². The van der Waals surface area contributed by atoms with E-state index in [1.807, 2.05) is 11.4 Å². The molecule has 0 unspecified atom stereocenters. The second-order valence-electron chi connectivity index (χ2n) is 3.53. The minimum absolute atomic E-state index is 0. The van der Waals surface area contributed by atoms with Gasteiger partial charge in [0.15, 0.2) is 0 Å². The third-order valence-electron chi connectivity index (χ3n) is 2.34. The molecule has 3 nitrogen and oxygen atoms in total. The molecule has 15 heavy (non-hydrogen) atoms. The quantitative estimate of drug-likeness (QED) is 0.897. The van der Waals surface area contributed by atoms with E-state index < -0.39 is 5.54 Å². The monoisotopic (exact) mass is 310 g/mol. The first-order valence-corrected chi connectivity index (χ1v) is 6.08. The summed E-state index contributed by atoms with van der Waals surface area (Å²) in [5, 5.41) is 4.83. The number of rotatable bonds is 3. The largest absolute Gasteiger partial charge is 0.350 e. The summed E-state index contributed by atoms with van der Waals surface area (Å²) in [5.41, 5.74) is 5.18. The van der Waals surface area contributed by atoms with E-state index in [0.717, 1.165) is 22.2 Å². The Hall–Kier alpha value is -0.100. The molecule has 0 bridgehead atoms. The smallest absolute Gasteiger partial charge is 0.240 e. The van der Waals surface area contributed by atoms with Gasteiger partial charge in [-0.25, -0.2) is 0 Å². The molecule has 0 saturated heterocycles. The van der Waals surface area contributed by atoms with E-state index in [4.69, 9.17) is 5.73 Å². The fraction of sp³-hybridized carbons (Fsp3) is 0.444. The van der Waals surface area contributed by atoms with Gasteiger partial charge in [-0.2, -0.15) is 0 Å². The van der Waals surface area contributed by atoms with Gasteiger partial charge in [0.2, 0.25) is 5.91 Å². The van der Waals surface area contributed by atoms with Crippen LogP contribution in [0.1, 0.15) is 17.7 Å². The topological polar surface area (TPSA) is 55.1 Å². The molecule has 1 saturated carbocycles. The fourth-order valence-electron chi connectivity index (χ4n) is 1.15. The molecule has 84 valence electrons. The van der Waals surface area contributed by atoms with E-state index in [-0.39, 0.29) is 18.3 Å². The molecule has 1 aliphatic rings. The fourth-order valence-corrected chi connectivity index (χ4v) is 2.58. The zero-order valence-electron chi connectivity index (χ0n) is 7.96. The van der Waals surface area contributed by atoms with Crippen LogP contribution in [-0.2, 0) is 11.3 Å². The van der Waals surface area contributed by atoms with Crippen LogP contribution in [0.25, 0.3) is 0 Å². The molecule has 0 aromatic carbocycles. The predicted octanol–water partition coefficient (Wildman–Crippen LogP) is 2.04. The maximum Gasteiger partial charge on any atom is 0.240 e. The lowest BCUT2D eigenvalue weighted by Crippen LogP contribution is -2.42. The van der Waals surface area contributed by atoms with Gasteiger partial charge in [0.05, 0.1) is 12.1 Å². The third kappa shape index (κ3) is 2.93. The van der Waals surface area contributed by atoms with Crippen molar-refractivity contribution in [2.75, 3.05) is 0 Å². The van der Waals surface area contributed by atoms with Crippen LogP contribution in [-0.4, -0.2) is 11.4 Å². The highest BCUT2D eigenvalue weighted by Gasteiger charge is 2.45. The van der Waals surface area contributed by atoms with Crippen LogP contribution in [0.5, 0.6) is 0 Å². The molecular weight excluding hydrogens is 300 g/mol. The second-order valence-corrected chi connectivity index (χ2v) is 5.39. The molecule has 1 heterocycles. The van der Waals surface area contributed by atoms with Gasteiger partial charge in [0.1, 0.15) is 0 Å². The molecule has 6 heteroatoms.